The highest BCUT2D eigenvalue weighted by atomic mass is 15.3. The Morgan fingerprint density at radius 1 is 1.00 bits per heavy atom. The summed E-state index contributed by atoms with van der Waals surface area (Å²) in [7, 11) is 2.18. The molecule has 0 radical (unpaired) electrons. The largest absolute Gasteiger partial charge is 0.367 e. The zero-order valence-electron chi connectivity index (χ0n) is 17.6. The summed E-state index contributed by atoms with van der Waals surface area (Å²) in [4.78, 5) is 17.5. The Morgan fingerprint density at radius 2 is 1.90 bits per heavy atom. The van der Waals surface area contributed by atoms with Crippen molar-refractivity contribution in [2.75, 3.05) is 51.2 Å². The summed E-state index contributed by atoms with van der Waals surface area (Å²) in [6, 6.07) is 4.43. The average Bonchev–Trinajstić information content (AvgIpc) is 3.43. The molecule has 8 nitrogen and oxygen atoms in total. The van der Waals surface area contributed by atoms with Gasteiger partial charge in [-0.25, -0.2) is 4.98 Å². The zero-order valence-corrected chi connectivity index (χ0v) is 17.6. The molecule has 31 heavy (non-hydrogen) atoms. The fraction of sp³-hybridized carbons (Fsp3) is 0.348. The predicted molar refractivity (Wildman–Crippen MR) is 124 cm³/mol. The van der Waals surface area contributed by atoms with Gasteiger partial charge in [-0.1, -0.05) is 6.08 Å². The number of anilines is 1. The molecule has 0 spiro atoms. The average molecular weight is 415 g/mol. The van der Waals surface area contributed by atoms with E-state index in [1.165, 1.54) is 22.2 Å². The van der Waals surface area contributed by atoms with E-state index in [4.69, 9.17) is 0 Å². The molecule has 0 atom stereocenters. The smallest absolute Gasteiger partial charge is 0.181 e. The van der Waals surface area contributed by atoms with Gasteiger partial charge in [-0.3, -0.25) is 10.1 Å². The van der Waals surface area contributed by atoms with Crippen molar-refractivity contribution in [3.8, 4) is 11.4 Å². The van der Waals surface area contributed by atoms with Crippen molar-refractivity contribution in [3.05, 3.63) is 42.4 Å². The fourth-order valence-electron chi connectivity index (χ4n) is 4.64. The van der Waals surface area contributed by atoms with Crippen molar-refractivity contribution in [1.29, 1.82) is 0 Å². The quantitative estimate of drug-likeness (QED) is 0.478. The molecule has 4 aromatic rings. The SMILES string of the molecule is CN1CCN(c2cncc3[nH]c(-c4[nH]nc5ncc(C6=CCNCC6)cc45)cc23)CC1. The van der Waals surface area contributed by atoms with Crippen LogP contribution in [0, 0.1) is 0 Å². The highest BCUT2D eigenvalue weighted by molar-refractivity contribution is 5.99. The number of fused-ring (bicyclic) bond motifs is 2. The van der Waals surface area contributed by atoms with Crippen LogP contribution in [0.15, 0.2) is 36.8 Å². The Labute approximate surface area is 180 Å². The number of H-pyrrole nitrogens is 2. The fourth-order valence-corrected chi connectivity index (χ4v) is 4.64. The molecule has 4 aromatic heterocycles. The molecule has 8 heteroatoms. The van der Waals surface area contributed by atoms with Gasteiger partial charge >= 0.3 is 0 Å². The first-order valence-corrected chi connectivity index (χ1v) is 10.9. The third kappa shape index (κ3) is 3.28. The summed E-state index contributed by atoms with van der Waals surface area (Å²) < 4.78 is 0. The first-order chi connectivity index (χ1) is 15.3. The van der Waals surface area contributed by atoms with E-state index in [0.29, 0.717) is 0 Å². The van der Waals surface area contributed by atoms with Gasteiger partial charge in [0.2, 0.25) is 0 Å². The molecule has 6 heterocycles. The van der Waals surface area contributed by atoms with E-state index in [1.807, 2.05) is 18.6 Å². The molecule has 0 aromatic carbocycles. The molecule has 2 aliphatic rings. The lowest BCUT2D eigenvalue weighted by Gasteiger charge is -2.34. The highest BCUT2D eigenvalue weighted by Gasteiger charge is 2.19. The first-order valence-electron chi connectivity index (χ1n) is 10.9. The van der Waals surface area contributed by atoms with E-state index in [1.54, 1.807) is 0 Å². The van der Waals surface area contributed by atoms with E-state index in [2.05, 4.69) is 65.5 Å². The third-order valence-corrected chi connectivity index (χ3v) is 6.48. The summed E-state index contributed by atoms with van der Waals surface area (Å²) in [6.07, 6.45) is 9.10. The minimum Gasteiger partial charge on any atom is -0.367 e. The zero-order chi connectivity index (χ0) is 20.8. The molecular weight excluding hydrogens is 388 g/mol. The van der Waals surface area contributed by atoms with Crippen LogP contribution in [0.5, 0.6) is 0 Å². The molecule has 1 saturated heterocycles. The molecule has 0 aliphatic carbocycles. The van der Waals surface area contributed by atoms with Crippen molar-refractivity contribution in [2.45, 2.75) is 6.42 Å². The second kappa shape index (κ2) is 7.47. The van der Waals surface area contributed by atoms with Crippen LogP contribution in [-0.4, -0.2) is 76.4 Å². The Morgan fingerprint density at radius 3 is 2.74 bits per heavy atom. The summed E-state index contributed by atoms with van der Waals surface area (Å²) in [5.74, 6) is 0. The van der Waals surface area contributed by atoms with Crippen molar-refractivity contribution in [3.63, 3.8) is 0 Å². The summed E-state index contributed by atoms with van der Waals surface area (Å²) in [6.45, 7) is 6.09. The number of likely N-dealkylation sites (N-methyl/N-ethyl adjacent to an activating group) is 1. The molecule has 158 valence electrons. The van der Waals surface area contributed by atoms with Gasteiger partial charge in [-0.15, -0.1) is 0 Å². The van der Waals surface area contributed by atoms with Crippen LogP contribution in [0.2, 0.25) is 0 Å². The number of rotatable bonds is 3. The lowest BCUT2D eigenvalue weighted by Crippen LogP contribution is -2.44. The molecular formula is C23H26N8. The van der Waals surface area contributed by atoms with E-state index >= 15 is 0 Å². The van der Waals surface area contributed by atoms with Gasteiger partial charge in [0, 0.05) is 49.7 Å². The van der Waals surface area contributed by atoms with Crippen molar-refractivity contribution in [1.82, 2.24) is 35.4 Å². The lowest BCUT2D eigenvalue weighted by atomic mass is 10.0. The Balaban J connectivity index is 1.42. The number of aromatic nitrogens is 5. The normalized spacial score (nSPS) is 18.1. The molecule has 6 rings (SSSR count). The van der Waals surface area contributed by atoms with Gasteiger partial charge in [0.1, 0.15) is 0 Å². The van der Waals surface area contributed by atoms with Crippen LogP contribution >= 0.6 is 0 Å². The number of pyridine rings is 2. The van der Waals surface area contributed by atoms with Crippen LogP contribution in [0.25, 0.3) is 38.9 Å². The minimum atomic E-state index is 0.740. The summed E-state index contributed by atoms with van der Waals surface area (Å²) in [5.41, 5.74) is 7.48. The minimum absolute atomic E-state index is 0.740. The van der Waals surface area contributed by atoms with Crippen LogP contribution in [0.4, 0.5) is 5.69 Å². The molecule has 0 saturated carbocycles. The first kappa shape index (κ1) is 18.5. The molecule has 1 fully saturated rings. The molecule has 0 amide bonds. The maximum Gasteiger partial charge on any atom is 0.181 e. The van der Waals surface area contributed by atoms with Gasteiger partial charge in [0.15, 0.2) is 5.65 Å². The van der Waals surface area contributed by atoms with Gasteiger partial charge in [0.25, 0.3) is 0 Å². The van der Waals surface area contributed by atoms with Gasteiger partial charge in [-0.2, -0.15) is 5.10 Å². The van der Waals surface area contributed by atoms with Gasteiger partial charge < -0.3 is 20.1 Å². The number of piperazine rings is 1. The molecule has 2 aliphatic heterocycles. The molecule has 0 unspecified atom stereocenters. The number of nitrogens with one attached hydrogen (secondary N) is 3. The number of nitrogens with zero attached hydrogens (tertiary/aromatic N) is 5. The van der Waals surface area contributed by atoms with E-state index < -0.39 is 0 Å². The van der Waals surface area contributed by atoms with Crippen molar-refractivity contribution in [2.24, 2.45) is 0 Å². The monoisotopic (exact) mass is 414 g/mol. The summed E-state index contributed by atoms with van der Waals surface area (Å²) in [5, 5.41) is 13.3. The lowest BCUT2D eigenvalue weighted by molar-refractivity contribution is 0.313. The number of aromatic amines is 2. The highest BCUT2D eigenvalue weighted by Crippen LogP contribution is 2.33. The topological polar surface area (TPSA) is 88.8 Å². The van der Waals surface area contributed by atoms with Crippen LogP contribution in [0.3, 0.4) is 0 Å². The third-order valence-electron chi connectivity index (χ3n) is 6.48. The standard InChI is InChI=1S/C23H26N8/c1-30-6-8-31(9-7-30)21-14-25-13-20-17(21)11-19(27-20)22-18-10-16(12-26-23(18)29-28-22)15-2-4-24-5-3-15/h2,10-14,24,27H,3-9H2,1H3,(H,26,28,29). The number of hydrogen-bond acceptors (Lipinski definition) is 6. The van der Waals surface area contributed by atoms with Crippen LogP contribution in [-0.2, 0) is 0 Å². The molecule has 3 N–H and O–H groups in total. The maximum absolute atomic E-state index is 4.61. The van der Waals surface area contributed by atoms with Gasteiger partial charge in [-0.05, 0) is 43.3 Å². The van der Waals surface area contributed by atoms with E-state index in [9.17, 15) is 0 Å². The molecule has 0 bridgehead atoms. The second-order valence-electron chi connectivity index (χ2n) is 8.47. The van der Waals surface area contributed by atoms with Crippen LogP contribution in [0.1, 0.15) is 12.0 Å². The van der Waals surface area contributed by atoms with Crippen LogP contribution < -0.4 is 10.2 Å². The Hall–Kier alpha value is -3.23. The van der Waals surface area contributed by atoms with E-state index in [0.717, 1.165) is 73.6 Å². The number of hydrogen-bond donors (Lipinski definition) is 3. The maximum atomic E-state index is 4.61. The van der Waals surface area contributed by atoms with Crippen molar-refractivity contribution < 1.29 is 0 Å². The van der Waals surface area contributed by atoms with Crippen molar-refractivity contribution >= 4 is 33.2 Å². The second-order valence-corrected chi connectivity index (χ2v) is 8.47. The Bertz CT molecular complexity index is 1280. The Kier molecular flexibility index (Phi) is 4.47. The predicted octanol–water partition coefficient (Wildman–Crippen LogP) is 2.63. The van der Waals surface area contributed by atoms with Gasteiger partial charge in [0.05, 0.1) is 35.0 Å². The van der Waals surface area contributed by atoms with E-state index in [-0.39, 0.29) is 0 Å². The summed E-state index contributed by atoms with van der Waals surface area (Å²) >= 11 is 0.